The third-order valence-electron chi connectivity index (χ3n) is 7.59. The lowest BCUT2D eigenvalue weighted by molar-refractivity contribution is -0.143. The van der Waals surface area contributed by atoms with Gasteiger partial charge >= 0.3 is 0 Å². The van der Waals surface area contributed by atoms with Crippen LogP contribution in [0.3, 0.4) is 0 Å². The van der Waals surface area contributed by atoms with Crippen LogP contribution in [0.5, 0.6) is 0 Å². The smallest absolute Gasteiger partial charge is 0.228 e. The molecule has 1 amide bonds. The van der Waals surface area contributed by atoms with Crippen LogP contribution in [0.1, 0.15) is 86.6 Å². The van der Waals surface area contributed by atoms with E-state index in [0.717, 1.165) is 36.8 Å². The molecule has 38 heavy (non-hydrogen) atoms. The Hall–Kier alpha value is -2.33. The van der Waals surface area contributed by atoms with E-state index in [9.17, 15) is 4.79 Å². The minimum absolute atomic E-state index is 0.200. The van der Waals surface area contributed by atoms with Gasteiger partial charge in [-0.3, -0.25) is 9.79 Å². The normalized spacial score (nSPS) is 19.8. The molecule has 0 radical (unpaired) electrons. The van der Waals surface area contributed by atoms with Crippen LogP contribution in [-0.4, -0.2) is 47.1 Å². The number of allylic oxidation sites excluding steroid dienone is 4. The number of halogens is 1. The van der Waals surface area contributed by atoms with Crippen molar-refractivity contribution in [3.8, 4) is 0 Å². The number of carbonyl (C=O) groups is 1. The Kier molecular flexibility index (Phi) is 12.4. The SMILES string of the molecule is C=CN=C(C)C(/C(=C\C)C1CCC1)=C(\C)N1CCN(C(=O)C(C)(C)C)C(C)C1.CCCc1cccc(Cl)c1. The minimum atomic E-state index is -0.331. The zero-order valence-electron chi connectivity index (χ0n) is 25.1. The van der Waals surface area contributed by atoms with Crippen LogP contribution < -0.4 is 0 Å². The number of nitrogens with zero attached hydrogens (tertiary/aromatic N) is 3. The summed E-state index contributed by atoms with van der Waals surface area (Å²) in [6.45, 7) is 23.1. The van der Waals surface area contributed by atoms with Gasteiger partial charge in [0.05, 0.1) is 0 Å². The predicted octanol–water partition coefficient (Wildman–Crippen LogP) is 8.48. The van der Waals surface area contributed by atoms with Crippen molar-refractivity contribution < 1.29 is 4.79 Å². The lowest BCUT2D eigenvalue weighted by Gasteiger charge is -2.44. The first-order valence-electron chi connectivity index (χ1n) is 14.3. The van der Waals surface area contributed by atoms with Gasteiger partial charge in [-0.1, -0.05) is 76.9 Å². The Bertz CT molecular complexity index is 1040. The van der Waals surface area contributed by atoms with E-state index in [1.54, 1.807) is 6.20 Å². The third kappa shape index (κ3) is 8.59. The first-order chi connectivity index (χ1) is 17.9. The lowest BCUT2D eigenvalue weighted by Crippen LogP contribution is -2.56. The van der Waals surface area contributed by atoms with Gasteiger partial charge < -0.3 is 9.80 Å². The van der Waals surface area contributed by atoms with Crippen molar-refractivity contribution in [3.63, 3.8) is 0 Å². The maximum absolute atomic E-state index is 12.8. The van der Waals surface area contributed by atoms with Gasteiger partial charge in [-0.25, -0.2) is 0 Å². The molecule has 0 spiro atoms. The predicted molar refractivity (Wildman–Crippen MR) is 165 cm³/mol. The summed E-state index contributed by atoms with van der Waals surface area (Å²) < 4.78 is 0. The molecule has 1 heterocycles. The van der Waals surface area contributed by atoms with Gasteiger partial charge in [-0.15, -0.1) is 0 Å². The van der Waals surface area contributed by atoms with E-state index in [-0.39, 0.29) is 17.4 Å². The standard InChI is InChI=1S/C24H39N3O.C9H11Cl/c1-9-21(20-12-11-13-20)22(18(4)25-10-2)19(5)26-14-15-27(17(3)16-26)23(28)24(6,7)8;1-2-4-8-5-3-6-9(10)7-8/h9-10,17,20H,2,11-16H2,1,3-8H3;3,5-7H,2,4H2,1H3/b21-9-,22-19-,25-18?;. The van der Waals surface area contributed by atoms with Crippen molar-refractivity contribution in [1.82, 2.24) is 9.80 Å². The fourth-order valence-corrected chi connectivity index (χ4v) is 5.53. The Morgan fingerprint density at radius 1 is 1.21 bits per heavy atom. The van der Waals surface area contributed by atoms with Crippen molar-refractivity contribution in [3.05, 3.63) is 70.5 Å². The van der Waals surface area contributed by atoms with Gasteiger partial charge in [0.15, 0.2) is 0 Å². The van der Waals surface area contributed by atoms with Crippen LogP contribution in [-0.2, 0) is 11.2 Å². The number of aryl methyl sites for hydroxylation is 1. The van der Waals surface area contributed by atoms with Crippen molar-refractivity contribution >= 4 is 23.2 Å². The van der Waals surface area contributed by atoms with Gasteiger partial charge in [0, 0.05) is 59.3 Å². The summed E-state index contributed by atoms with van der Waals surface area (Å²) in [5, 5.41) is 0.839. The highest BCUT2D eigenvalue weighted by Crippen LogP contribution is 2.39. The number of hydrogen-bond donors (Lipinski definition) is 0. The van der Waals surface area contributed by atoms with Crippen LogP contribution in [0.25, 0.3) is 0 Å². The van der Waals surface area contributed by atoms with E-state index in [0.29, 0.717) is 5.92 Å². The first-order valence-corrected chi connectivity index (χ1v) is 14.7. The quantitative estimate of drug-likeness (QED) is 0.257. The molecule has 1 aromatic carbocycles. The summed E-state index contributed by atoms with van der Waals surface area (Å²) in [5.41, 5.74) is 6.01. The molecule has 0 bridgehead atoms. The van der Waals surface area contributed by atoms with E-state index in [1.807, 2.05) is 39.0 Å². The van der Waals surface area contributed by atoms with Gasteiger partial charge in [0.1, 0.15) is 0 Å². The Morgan fingerprint density at radius 3 is 2.37 bits per heavy atom. The average molecular weight is 540 g/mol. The minimum Gasteiger partial charge on any atom is -0.371 e. The second kappa shape index (κ2) is 14.7. The number of piperazine rings is 1. The molecule has 2 fully saturated rings. The summed E-state index contributed by atoms with van der Waals surface area (Å²) >= 11 is 5.78. The third-order valence-corrected chi connectivity index (χ3v) is 7.82. The number of amides is 1. The monoisotopic (exact) mass is 539 g/mol. The highest BCUT2D eigenvalue weighted by Gasteiger charge is 2.35. The number of carbonyl (C=O) groups excluding carboxylic acids is 1. The van der Waals surface area contributed by atoms with E-state index in [4.69, 9.17) is 11.6 Å². The van der Waals surface area contributed by atoms with E-state index in [2.05, 4.69) is 68.1 Å². The van der Waals surface area contributed by atoms with Crippen LogP contribution in [0.4, 0.5) is 0 Å². The zero-order valence-corrected chi connectivity index (χ0v) is 25.9. The maximum atomic E-state index is 12.8. The molecule has 210 valence electrons. The molecule has 1 saturated heterocycles. The number of aliphatic imine (C=N–C) groups is 1. The summed E-state index contributed by atoms with van der Waals surface area (Å²) in [4.78, 5) is 21.8. The van der Waals surface area contributed by atoms with Crippen molar-refractivity contribution in [2.75, 3.05) is 19.6 Å². The Morgan fingerprint density at radius 2 is 1.89 bits per heavy atom. The largest absolute Gasteiger partial charge is 0.371 e. The van der Waals surface area contributed by atoms with E-state index >= 15 is 0 Å². The molecular weight excluding hydrogens is 490 g/mol. The molecule has 5 heteroatoms. The van der Waals surface area contributed by atoms with Gasteiger partial charge in [-0.05, 0) is 76.1 Å². The van der Waals surface area contributed by atoms with Crippen LogP contribution in [0.2, 0.25) is 5.02 Å². The van der Waals surface area contributed by atoms with Crippen LogP contribution in [0.15, 0.2) is 65.0 Å². The van der Waals surface area contributed by atoms with Crippen LogP contribution in [0, 0.1) is 11.3 Å². The second-order valence-corrected chi connectivity index (χ2v) is 12.1. The molecule has 0 aromatic heterocycles. The topological polar surface area (TPSA) is 35.9 Å². The molecule has 3 rings (SSSR count). The van der Waals surface area contributed by atoms with Crippen molar-refractivity contribution in [2.24, 2.45) is 16.3 Å². The van der Waals surface area contributed by atoms with Gasteiger partial charge in [0.2, 0.25) is 5.91 Å². The molecule has 0 N–H and O–H groups in total. The molecule has 1 unspecified atom stereocenters. The van der Waals surface area contributed by atoms with Gasteiger partial charge in [0.25, 0.3) is 0 Å². The van der Waals surface area contributed by atoms with Crippen molar-refractivity contribution in [2.45, 2.75) is 93.5 Å². The van der Waals surface area contributed by atoms with E-state index < -0.39 is 0 Å². The number of hydrogen-bond acceptors (Lipinski definition) is 3. The Balaban J connectivity index is 0.000000423. The summed E-state index contributed by atoms with van der Waals surface area (Å²) in [5.74, 6) is 0.889. The Labute approximate surface area is 237 Å². The summed E-state index contributed by atoms with van der Waals surface area (Å²) in [6.07, 6.45) is 10.1. The molecule has 1 aromatic rings. The van der Waals surface area contributed by atoms with Crippen LogP contribution >= 0.6 is 11.6 Å². The average Bonchev–Trinajstić information content (AvgIpc) is 2.82. The van der Waals surface area contributed by atoms with E-state index in [1.165, 1.54) is 48.1 Å². The van der Waals surface area contributed by atoms with Gasteiger partial charge in [-0.2, -0.15) is 0 Å². The van der Waals surface area contributed by atoms with Crippen molar-refractivity contribution in [1.29, 1.82) is 0 Å². The number of benzene rings is 1. The zero-order chi connectivity index (χ0) is 28.5. The summed E-state index contributed by atoms with van der Waals surface area (Å²) in [7, 11) is 0. The molecule has 1 aliphatic heterocycles. The highest BCUT2D eigenvalue weighted by molar-refractivity contribution is 6.30. The highest BCUT2D eigenvalue weighted by atomic mass is 35.5. The molecule has 1 aliphatic carbocycles. The first kappa shape index (κ1) is 31.9. The fraction of sp³-hybridized carbons (Fsp3) is 0.576. The second-order valence-electron chi connectivity index (χ2n) is 11.7. The molecule has 1 atom stereocenters. The number of rotatable bonds is 7. The lowest BCUT2D eigenvalue weighted by atomic mass is 9.75. The fourth-order valence-electron chi connectivity index (χ4n) is 5.32. The molecular formula is C33H50ClN3O. The molecule has 4 nitrogen and oxygen atoms in total. The summed E-state index contributed by atoms with van der Waals surface area (Å²) in [6, 6.07) is 8.22. The molecule has 2 aliphatic rings. The molecule has 1 saturated carbocycles. The maximum Gasteiger partial charge on any atom is 0.228 e.